The van der Waals surface area contributed by atoms with Crippen molar-refractivity contribution in [2.24, 2.45) is 0 Å². The SMILES string of the molecule is CCC1(C)CC(O)(c2c(Br)cnn2CCOC)CCO1. The van der Waals surface area contributed by atoms with E-state index >= 15 is 0 Å². The van der Waals surface area contributed by atoms with Crippen molar-refractivity contribution in [2.45, 2.75) is 50.9 Å². The van der Waals surface area contributed by atoms with Crippen molar-refractivity contribution in [1.82, 2.24) is 9.78 Å². The van der Waals surface area contributed by atoms with Crippen LogP contribution in [0.4, 0.5) is 0 Å². The Labute approximate surface area is 128 Å². The fourth-order valence-electron chi connectivity index (χ4n) is 2.83. The normalized spacial score (nSPS) is 30.6. The number of nitrogens with zero attached hydrogens (tertiary/aromatic N) is 2. The molecule has 1 fully saturated rings. The van der Waals surface area contributed by atoms with E-state index in [-0.39, 0.29) is 5.60 Å². The summed E-state index contributed by atoms with van der Waals surface area (Å²) in [5.41, 5.74) is -0.368. The third kappa shape index (κ3) is 3.08. The van der Waals surface area contributed by atoms with E-state index in [1.165, 1.54) is 0 Å². The van der Waals surface area contributed by atoms with Gasteiger partial charge >= 0.3 is 0 Å². The summed E-state index contributed by atoms with van der Waals surface area (Å²) in [6, 6.07) is 0. The van der Waals surface area contributed by atoms with Crippen molar-refractivity contribution >= 4 is 15.9 Å². The lowest BCUT2D eigenvalue weighted by atomic mass is 9.80. The average Bonchev–Trinajstić information content (AvgIpc) is 2.78. The molecule has 6 heteroatoms. The Morgan fingerprint density at radius 1 is 1.60 bits per heavy atom. The predicted octanol–water partition coefficient (Wildman–Crippen LogP) is 2.46. The van der Waals surface area contributed by atoms with E-state index < -0.39 is 5.60 Å². The van der Waals surface area contributed by atoms with Gasteiger partial charge in [-0.1, -0.05) is 6.92 Å². The maximum atomic E-state index is 11.1. The average molecular weight is 347 g/mol. The summed E-state index contributed by atoms with van der Waals surface area (Å²) in [5.74, 6) is 0. The maximum Gasteiger partial charge on any atom is 0.112 e. The summed E-state index contributed by atoms with van der Waals surface area (Å²) >= 11 is 3.51. The van der Waals surface area contributed by atoms with Gasteiger partial charge in [-0.15, -0.1) is 0 Å². The Morgan fingerprint density at radius 3 is 3.00 bits per heavy atom. The molecule has 0 radical (unpaired) electrons. The first-order chi connectivity index (χ1) is 9.44. The van der Waals surface area contributed by atoms with Gasteiger partial charge in [0.05, 0.1) is 41.7 Å². The molecule has 0 spiro atoms. The molecule has 2 rings (SSSR count). The van der Waals surface area contributed by atoms with Gasteiger partial charge in [0.1, 0.15) is 5.60 Å². The molecule has 2 heterocycles. The van der Waals surface area contributed by atoms with E-state index in [1.54, 1.807) is 13.3 Å². The van der Waals surface area contributed by atoms with E-state index in [4.69, 9.17) is 9.47 Å². The van der Waals surface area contributed by atoms with Gasteiger partial charge < -0.3 is 14.6 Å². The molecular weight excluding hydrogens is 324 g/mol. The third-order valence-electron chi connectivity index (χ3n) is 4.12. The topological polar surface area (TPSA) is 56.5 Å². The van der Waals surface area contributed by atoms with Gasteiger partial charge in [0.15, 0.2) is 0 Å². The van der Waals surface area contributed by atoms with Crippen molar-refractivity contribution in [3.63, 3.8) is 0 Å². The van der Waals surface area contributed by atoms with Crippen LogP contribution in [0.15, 0.2) is 10.7 Å². The van der Waals surface area contributed by atoms with Crippen molar-refractivity contribution in [3.8, 4) is 0 Å². The molecule has 1 aliphatic heterocycles. The van der Waals surface area contributed by atoms with Crippen molar-refractivity contribution in [1.29, 1.82) is 0 Å². The summed E-state index contributed by atoms with van der Waals surface area (Å²) in [5, 5.41) is 15.5. The van der Waals surface area contributed by atoms with Crippen LogP contribution in [0, 0.1) is 0 Å². The first-order valence-electron chi connectivity index (χ1n) is 7.01. The zero-order valence-corrected chi connectivity index (χ0v) is 13.9. The number of methoxy groups -OCH3 is 1. The quantitative estimate of drug-likeness (QED) is 0.889. The van der Waals surface area contributed by atoms with Gasteiger partial charge in [-0.05, 0) is 29.3 Å². The van der Waals surface area contributed by atoms with Gasteiger partial charge in [0.25, 0.3) is 0 Å². The minimum absolute atomic E-state index is 0.289. The molecule has 1 aromatic rings. The highest BCUT2D eigenvalue weighted by molar-refractivity contribution is 9.10. The first-order valence-corrected chi connectivity index (χ1v) is 7.80. The van der Waals surface area contributed by atoms with E-state index in [0.29, 0.717) is 32.6 Å². The number of hydrogen-bond acceptors (Lipinski definition) is 4. The van der Waals surface area contributed by atoms with E-state index in [1.807, 2.05) is 4.68 Å². The molecule has 0 amide bonds. The Balaban J connectivity index is 2.31. The molecular formula is C14H23BrN2O3. The van der Waals surface area contributed by atoms with Crippen LogP contribution >= 0.6 is 15.9 Å². The van der Waals surface area contributed by atoms with Crippen molar-refractivity contribution in [2.75, 3.05) is 20.3 Å². The van der Waals surface area contributed by atoms with Gasteiger partial charge in [0.2, 0.25) is 0 Å². The summed E-state index contributed by atoms with van der Waals surface area (Å²) in [4.78, 5) is 0. The molecule has 114 valence electrons. The van der Waals surface area contributed by atoms with Gasteiger partial charge in [-0.25, -0.2) is 0 Å². The van der Waals surface area contributed by atoms with E-state index in [9.17, 15) is 5.11 Å². The highest BCUT2D eigenvalue weighted by Gasteiger charge is 2.45. The molecule has 0 bridgehead atoms. The monoisotopic (exact) mass is 346 g/mol. The molecule has 1 aliphatic rings. The Hall–Kier alpha value is -0.430. The third-order valence-corrected chi connectivity index (χ3v) is 4.70. The zero-order valence-electron chi connectivity index (χ0n) is 12.4. The first kappa shape index (κ1) is 15.9. The number of hydrogen-bond donors (Lipinski definition) is 1. The predicted molar refractivity (Wildman–Crippen MR) is 79.6 cm³/mol. The Morgan fingerprint density at radius 2 is 2.35 bits per heavy atom. The van der Waals surface area contributed by atoms with Crippen LogP contribution in [0.1, 0.15) is 38.8 Å². The minimum atomic E-state index is -0.911. The van der Waals surface area contributed by atoms with Crippen LogP contribution in [-0.2, 0) is 21.6 Å². The number of halogens is 1. The molecule has 2 unspecified atom stereocenters. The molecule has 1 saturated heterocycles. The fourth-order valence-corrected chi connectivity index (χ4v) is 3.49. The van der Waals surface area contributed by atoms with Crippen molar-refractivity contribution < 1.29 is 14.6 Å². The number of ether oxygens (including phenoxy) is 2. The van der Waals surface area contributed by atoms with Gasteiger partial charge in [-0.2, -0.15) is 5.10 Å². The van der Waals surface area contributed by atoms with Crippen LogP contribution in [0.25, 0.3) is 0 Å². The zero-order chi connectivity index (χ0) is 14.8. The molecule has 5 nitrogen and oxygen atoms in total. The standard InChI is InChI=1S/C14H23BrN2O3/c1-4-13(2)10-14(18,5-7-20-13)12-11(15)9-16-17(12)6-8-19-3/h9,18H,4-8,10H2,1-3H3. The summed E-state index contributed by atoms with van der Waals surface area (Å²) in [6.45, 7) is 5.90. The molecule has 2 atom stereocenters. The van der Waals surface area contributed by atoms with Crippen LogP contribution in [-0.4, -0.2) is 40.8 Å². The lowest BCUT2D eigenvalue weighted by molar-refractivity contribution is -0.160. The molecule has 0 saturated carbocycles. The van der Waals surface area contributed by atoms with Crippen molar-refractivity contribution in [3.05, 3.63) is 16.4 Å². The van der Waals surface area contributed by atoms with Crippen LogP contribution in [0.3, 0.4) is 0 Å². The van der Waals surface area contributed by atoms with Crippen LogP contribution in [0.2, 0.25) is 0 Å². The summed E-state index contributed by atoms with van der Waals surface area (Å²) in [6.07, 6.45) is 3.77. The smallest absolute Gasteiger partial charge is 0.112 e. The second-order valence-corrected chi connectivity index (χ2v) is 6.52. The minimum Gasteiger partial charge on any atom is -0.383 e. The summed E-state index contributed by atoms with van der Waals surface area (Å²) in [7, 11) is 1.66. The van der Waals surface area contributed by atoms with E-state index in [2.05, 4.69) is 34.9 Å². The van der Waals surface area contributed by atoms with Gasteiger partial charge in [0, 0.05) is 20.0 Å². The number of rotatable bonds is 5. The van der Waals surface area contributed by atoms with Crippen LogP contribution < -0.4 is 0 Å². The second-order valence-electron chi connectivity index (χ2n) is 5.67. The molecule has 0 aromatic carbocycles. The fraction of sp³-hybridized carbons (Fsp3) is 0.786. The molecule has 1 aromatic heterocycles. The van der Waals surface area contributed by atoms with Crippen LogP contribution in [0.5, 0.6) is 0 Å². The molecule has 1 N–H and O–H groups in total. The highest BCUT2D eigenvalue weighted by atomic mass is 79.9. The Kier molecular flexibility index (Phi) is 4.89. The summed E-state index contributed by atoms with van der Waals surface area (Å²) < 4.78 is 13.6. The largest absolute Gasteiger partial charge is 0.383 e. The maximum absolute atomic E-state index is 11.1. The second kappa shape index (κ2) is 6.13. The lowest BCUT2D eigenvalue weighted by Crippen LogP contribution is -2.46. The molecule has 0 aliphatic carbocycles. The lowest BCUT2D eigenvalue weighted by Gasteiger charge is -2.43. The molecule has 20 heavy (non-hydrogen) atoms. The van der Waals surface area contributed by atoms with Gasteiger partial charge in [-0.3, -0.25) is 4.68 Å². The van der Waals surface area contributed by atoms with E-state index in [0.717, 1.165) is 16.6 Å². The number of aromatic nitrogens is 2. The number of aliphatic hydroxyl groups is 1. The Bertz CT molecular complexity index is 465. The highest BCUT2D eigenvalue weighted by Crippen LogP contribution is 2.43.